The molecule has 2 heteroatoms. The van der Waals surface area contributed by atoms with Gasteiger partial charge in [-0.2, -0.15) is 0 Å². The Morgan fingerprint density at radius 3 is 2.15 bits per heavy atom. The average molecular weight is 336 g/mol. The number of aryl methyl sites for hydroxylation is 1. The van der Waals surface area contributed by atoms with Gasteiger partial charge < -0.3 is 0 Å². The second-order valence-electron chi connectivity index (χ2n) is 6.41. The molecular formula is C24H20N2. The van der Waals surface area contributed by atoms with Gasteiger partial charge >= 0.3 is 0 Å². The molecule has 2 heterocycles. The van der Waals surface area contributed by atoms with Crippen LogP contribution >= 0.6 is 0 Å². The maximum atomic E-state index is 4.67. The molecular weight excluding hydrogens is 316 g/mol. The fourth-order valence-electron chi connectivity index (χ4n) is 3.22. The van der Waals surface area contributed by atoms with Crippen molar-refractivity contribution in [1.82, 2.24) is 9.97 Å². The van der Waals surface area contributed by atoms with E-state index in [1.54, 1.807) is 0 Å². The summed E-state index contributed by atoms with van der Waals surface area (Å²) in [5.74, 6) is 0. The Bertz CT molecular complexity index is 1010. The van der Waals surface area contributed by atoms with E-state index >= 15 is 0 Å². The number of aromatic nitrogens is 2. The van der Waals surface area contributed by atoms with Crippen LogP contribution in [-0.4, -0.2) is 9.97 Å². The lowest BCUT2D eigenvalue weighted by molar-refractivity contribution is 1.05. The first-order chi connectivity index (χ1) is 12.8. The van der Waals surface area contributed by atoms with E-state index in [0.717, 1.165) is 23.4 Å². The van der Waals surface area contributed by atoms with Crippen LogP contribution in [-0.2, 0) is 6.42 Å². The molecule has 0 aliphatic heterocycles. The molecule has 0 aliphatic carbocycles. The van der Waals surface area contributed by atoms with Crippen LogP contribution in [0.3, 0.4) is 0 Å². The molecule has 4 rings (SSSR count). The van der Waals surface area contributed by atoms with Crippen molar-refractivity contribution in [2.75, 3.05) is 0 Å². The van der Waals surface area contributed by atoms with Gasteiger partial charge in [0.05, 0.1) is 5.69 Å². The van der Waals surface area contributed by atoms with Crippen molar-refractivity contribution < 1.29 is 0 Å². The van der Waals surface area contributed by atoms with E-state index in [4.69, 9.17) is 0 Å². The van der Waals surface area contributed by atoms with Crippen molar-refractivity contribution in [3.63, 3.8) is 0 Å². The Morgan fingerprint density at radius 2 is 1.42 bits per heavy atom. The molecule has 0 saturated heterocycles. The maximum absolute atomic E-state index is 4.67. The third-order valence-corrected chi connectivity index (χ3v) is 4.55. The van der Waals surface area contributed by atoms with E-state index in [9.17, 15) is 0 Å². The van der Waals surface area contributed by atoms with E-state index in [2.05, 4.69) is 65.4 Å². The van der Waals surface area contributed by atoms with Gasteiger partial charge in [-0.15, -0.1) is 0 Å². The molecule has 4 aromatic rings. The highest BCUT2D eigenvalue weighted by atomic mass is 14.7. The zero-order valence-electron chi connectivity index (χ0n) is 14.8. The Hall–Kier alpha value is -3.26. The molecule has 0 amide bonds. The molecule has 126 valence electrons. The summed E-state index contributed by atoms with van der Waals surface area (Å²) >= 11 is 0. The normalized spacial score (nSPS) is 10.7. The van der Waals surface area contributed by atoms with Crippen LogP contribution in [0.4, 0.5) is 0 Å². The lowest BCUT2D eigenvalue weighted by Gasteiger charge is -2.11. The SMILES string of the molecule is Cc1cnc(Cc2cccnc2-c2ccccc2)cc1-c1ccccc1. The minimum atomic E-state index is 0.762. The van der Waals surface area contributed by atoms with Crippen LogP contribution in [0.25, 0.3) is 22.4 Å². The second-order valence-corrected chi connectivity index (χ2v) is 6.41. The molecule has 2 aromatic carbocycles. The van der Waals surface area contributed by atoms with Gasteiger partial charge in [0.1, 0.15) is 0 Å². The first kappa shape index (κ1) is 16.2. The third-order valence-electron chi connectivity index (χ3n) is 4.55. The van der Waals surface area contributed by atoms with Gasteiger partial charge in [-0.05, 0) is 41.3 Å². The van der Waals surface area contributed by atoms with E-state index in [0.29, 0.717) is 0 Å². The lowest BCUT2D eigenvalue weighted by atomic mass is 9.98. The highest BCUT2D eigenvalue weighted by Gasteiger charge is 2.10. The standard InChI is InChI=1S/C24H20N2/c1-18-17-26-22(16-23(18)19-9-4-2-5-10-19)15-21-13-8-14-25-24(21)20-11-6-3-7-12-20/h2-14,16-17H,15H2,1H3. The van der Waals surface area contributed by atoms with Gasteiger partial charge in [0.25, 0.3) is 0 Å². The number of hydrogen-bond donors (Lipinski definition) is 0. The van der Waals surface area contributed by atoms with Crippen molar-refractivity contribution in [1.29, 1.82) is 0 Å². The summed E-state index contributed by atoms with van der Waals surface area (Å²) in [6, 6.07) is 27.1. The molecule has 2 nitrogen and oxygen atoms in total. The summed E-state index contributed by atoms with van der Waals surface area (Å²) in [7, 11) is 0. The average Bonchev–Trinajstić information content (AvgIpc) is 2.71. The van der Waals surface area contributed by atoms with Crippen LogP contribution in [0.15, 0.2) is 91.3 Å². The summed E-state index contributed by atoms with van der Waals surface area (Å²) in [6.45, 7) is 2.11. The van der Waals surface area contributed by atoms with Crippen molar-refractivity contribution in [3.05, 3.63) is 108 Å². The summed E-state index contributed by atoms with van der Waals surface area (Å²) in [6.07, 6.45) is 4.58. The maximum Gasteiger partial charge on any atom is 0.0737 e. The molecule has 0 saturated carbocycles. The summed E-state index contributed by atoms with van der Waals surface area (Å²) in [5.41, 5.74) is 8.06. The van der Waals surface area contributed by atoms with Crippen molar-refractivity contribution in [2.24, 2.45) is 0 Å². The molecule has 0 atom stereocenters. The minimum Gasteiger partial charge on any atom is -0.261 e. The topological polar surface area (TPSA) is 25.8 Å². The fraction of sp³-hybridized carbons (Fsp3) is 0.0833. The number of pyridine rings is 2. The molecule has 2 aromatic heterocycles. The van der Waals surface area contributed by atoms with Gasteiger partial charge in [0.2, 0.25) is 0 Å². The lowest BCUT2D eigenvalue weighted by Crippen LogP contribution is -1.98. The zero-order valence-corrected chi connectivity index (χ0v) is 14.8. The Morgan fingerprint density at radius 1 is 0.731 bits per heavy atom. The highest BCUT2D eigenvalue weighted by Crippen LogP contribution is 2.26. The van der Waals surface area contributed by atoms with E-state index < -0.39 is 0 Å². The van der Waals surface area contributed by atoms with E-state index in [-0.39, 0.29) is 0 Å². The predicted octanol–water partition coefficient (Wildman–Crippen LogP) is 5.71. The van der Waals surface area contributed by atoms with E-state index in [1.807, 2.05) is 42.7 Å². The van der Waals surface area contributed by atoms with Gasteiger partial charge in [-0.3, -0.25) is 9.97 Å². The summed E-state index contributed by atoms with van der Waals surface area (Å²) in [5, 5.41) is 0. The molecule has 0 bridgehead atoms. The largest absolute Gasteiger partial charge is 0.261 e. The van der Waals surface area contributed by atoms with Crippen LogP contribution < -0.4 is 0 Å². The molecule has 26 heavy (non-hydrogen) atoms. The number of rotatable bonds is 4. The Kier molecular flexibility index (Phi) is 4.57. The molecule has 0 aliphatic rings. The first-order valence-corrected chi connectivity index (χ1v) is 8.81. The number of nitrogens with zero attached hydrogens (tertiary/aromatic N) is 2. The van der Waals surface area contributed by atoms with Crippen LogP contribution in [0.1, 0.15) is 16.8 Å². The zero-order chi connectivity index (χ0) is 17.8. The Labute approximate surface area is 154 Å². The van der Waals surface area contributed by atoms with Crippen LogP contribution in [0.2, 0.25) is 0 Å². The molecule has 0 radical (unpaired) electrons. The predicted molar refractivity (Wildman–Crippen MR) is 107 cm³/mol. The quantitative estimate of drug-likeness (QED) is 0.477. The number of hydrogen-bond acceptors (Lipinski definition) is 2. The molecule has 0 N–H and O–H groups in total. The fourth-order valence-corrected chi connectivity index (χ4v) is 3.22. The minimum absolute atomic E-state index is 0.762. The summed E-state index contributed by atoms with van der Waals surface area (Å²) < 4.78 is 0. The smallest absolute Gasteiger partial charge is 0.0737 e. The monoisotopic (exact) mass is 336 g/mol. The van der Waals surface area contributed by atoms with Crippen LogP contribution in [0, 0.1) is 6.92 Å². The molecule has 0 fully saturated rings. The molecule has 0 spiro atoms. The van der Waals surface area contributed by atoms with Gasteiger partial charge in [0.15, 0.2) is 0 Å². The summed E-state index contributed by atoms with van der Waals surface area (Å²) in [4.78, 5) is 9.28. The van der Waals surface area contributed by atoms with Crippen molar-refractivity contribution >= 4 is 0 Å². The van der Waals surface area contributed by atoms with Crippen LogP contribution in [0.5, 0.6) is 0 Å². The Balaban J connectivity index is 1.71. The van der Waals surface area contributed by atoms with Gasteiger partial charge in [-0.1, -0.05) is 66.7 Å². The second kappa shape index (κ2) is 7.32. The molecule has 0 unspecified atom stereocenters. The number of benzene rings is 2. The van der Waals surface area contributed by atoms with Gasteiger partial charge in [0, 0.05) is 30.1 Å². The van der Waals surface area contributed by atoms with E-state index in [1.165, 1.54) is 22.3 Å². The van der Waals surface area contributed by atoms with Crippen molar-refractivity contribution in [3.8, 4) is 22.4 Å². The third kappa shape index (κ3) is 3.40. The highest BCUT2D eigenvalue weighted by molar-refractivity contribution is 5.68. The van der Waals surface area contributed by atoms with Gasteiger partial charge in [-0.25, -0.2) is 0 Å². The van der Waals surface area contributed by atoms with Crippen molar-refractivity contribution in [2.45, 2.75) is 13.3 Å². The first-order valence-electron chi connectivity index (χ1n) is 8.81.